The number of hydrogen-bond donors (Lipinski definition) is 1. The van der Waals surface area contributed by atoms with Crippen molar-refractivity contribution in [3.05, 3.63) is 0 Å². The third-order valence-electron chi connectivity index (χ3n) is 4.37. The highest BCUT2D eigenvalue weighted by atomic mass is 16.5. The Morgan fingerprint density at radius 3 is 2.40 bits per heavy atom. The molecule has 1 heterocycles. The average Bonchev–Trinajstić information content (AvgIpc) is 2.73. The summed E-state index contributed by atoms with van der Waals surface area (Å²) < 4.78 is 5.01. The quantitative estimate of drug-likeness (QED) is 0.730. The van der Waals surface area contributed by atoms with Crippen LogP contribution < -0.4 is 5.32 Å². The predicted molar refractivity (Wildman–Crippen MR) is 82.8 cm³/mol. The topological polar surface area (TPSA) is 41.6 Å². The SMILES string of the molecule is CCCNC(C)(CC(C)N1CCCCCC1)C(=O)OC. The monoisotopic (exact) mass is 284 g/mol. The van der Waals surface area contributed by atoms with Gasteiger partial charge in [-0.2, -0.15) is 0 Å². The lowest BCUT2D eigenvalue weighted by Gasteiger charge is -2.35. The Morgan fingerprint density at radius 2 is 1.90 bits per heavy atom. The number of hydrogen-bond acceptors (Lipinski definition) is 4. The van der Waals surface area contributed by atoms with Gasteiger partial charge in [0.05, 0.1) is 7.11 Å². The molecule has 4 heteroatoms. The van der Waals surface area contributed by atoms with Crippen LogP contribution in [-0.4, -0.2) is 49.2 Å². The summed E-state index contributed by atoms with van der Waals surface area (Å²) in [4.78, 5) is 14.7. The van der Waals surface area contributed by atoms with Gasteiger partial charge in [0.2, 0.25) is 0 Å². The van der Waals surface area contributed by atoms with Gasteiger partial charge < -0.3 is 15.0 Å². The maximum Gasteiger partial charge on any atom is 0.325 e. The molecule has 1 N–H and O–H groups in total. The number of carbonyl (C=O) groups excluding carboxylic acids is 1. The van der Waals surface area contributed by atoms with Gasteiger partial charge in [-0.1, -0.05) is 19.8 Å². The summed E-state index contributed by atoms with van der Waals surface area (Å²) in [5, 5.41) is 3.38. The molecule has 0 amide bonds. The van der Waals surface area contributed by atoms with Crippen LogP contribution in [0.4, 0.5) is 0 Å². The maximum atomic E-state index is 12.1. The van der Waals surface area contributed by atoms with Crippen molar-refractivity contribution in [2.75, 3.05) is 26.7 Å². The lowest BCUT2D eigenvalue weighted by molar-refractivity contribution is -0.148. The first-order valence-electron chi connectivity index (χ1n) is 8.11. The number of methoxy groups -OCH3 is 1. The summed E-state index contributed by atoms with van der Waals surface area (Å²) in [5.74, 6) is -0.146. The highest BCUT2D eigenvalue weighted by molar-refractivity contribution is 5.80. The largest absolute Gasteiger partial charge is 0.468 e. The number of nitrogens with zero attached hydrogens (tertiary/aromatic N) is 1. The molecule has 118 valence electrons. The molecule has 1 aliphatic heterocycles. The van der Waals surface area contributed by atoms with E-state index in [0.29, 0.717) is 6.04 Å². The molecular weight excluding hydrogens is 252 g/mol. The zero-order valence-electron chi connectivity index (χ0n) is 13.7. The first-order chi connectivity index (χ1) is 9.53. The molecule has 0 aromatic carbocycles. The molecule has 2 atom stereocenters. The van der Waals surface area contributed by atoms with Crippen molar-refractivity contribution in [1.29, 1.82) is 0 Å². The van der Waals surface area contributed by atoms with Gasteiger partial charge in [0.1, 0.15) is 5.54 Å². The van der Waals surface area contributed by atoms with Crippen LogP contribution in [0.1, 0.15) is 59.3 Å². The van der Waals surface area contributed by atoms with Gasteiger partial charge in [-0.3, -0.25) is 4.79 Å². The molecule has 4 nitrogen and oxygen atoms in total. The van der Waals surface area contributed by atoms with Gasteiger partial charge in [0.15, 0.2) is 0 Å². The van der Waals surface area contributed by atoms with Crippen LogP contribution in [0.25, 0.3) is 0 Å². The van der Waals surface area contributed by atoms with E-state index in [9.17, 15) is 4.79 Å². The zero-order chi connectivity index (χ0) is 15.0. The standard InChI is InChI=1S/C16H32N2O2/c1-5-10-17-16(3,15(19)20-4)13-14(2)18-11-8-6-7-9-12-18/h14,17H,5-13H2,1-4H3. The summed E-state index contributed by atoms with van der Waals surface area (Å²) in [6.07, 6.45) is 7.06. The van der Waals surface area contributed by atoms with Gasteiger partial charge in [-0.25, -0.2) is 0 Å². The van der Waals surface area contributed by atoms with Crippen LogP contribution >= 0.6 is 0 Å². The third-order valence-corrected chi connectivity index (χ3v) is 4.37. The first kappa shape index (κ1) is 17.4. The van der Waals surface area contributed by atoms with Crippen LogP contribution in [0.3, 0.4) is 0 Å². The number of nitrogens with one attached hydrogen (secondary N) is 1. The number of ether oxygens (including phenoxy) is 1. The number of rotatable bonds is 7. The highest BCUT2D eigenvalue weighted by Gasteiger charge is 2.36. The minimum Gasteiger partial charge on any atom is -0.468 e. The molecule has 1 rings (SSSR count). The molecule has 1 fully saturated rings. The van der Waals surface area contributed by atoms with Crippen LogP contribution in [0.2, 0.25) is 0 Å². The molecule has 1 aliphatic rings. The smallest absolute Gasteiger partial charge is 0.325 e. The minimum atomic E-state index is -0.573. The van der Waals surface area contributed by atoms with E-state index in [-0.39, 0.29) is 5.97 Å². The lowest BCUT2D eigenvalue weighted by atomic mass is 9.92. The number of esters is 1. The van der Waals surface area contributed by atoms with E-state index >= 15 is 0 Å². The summed E-state index contributed by atoms with van der Waals surface area (Å²) in [5.41, 5.74) is -0.573. The predicted octanol–water partition coefficient (Wildman–Crippen LogP) is 2.57. The van der Waals surface area contributed by atoms with E-state index < -0.39 is 5.54 Å². The van der Waals surface area contributed by atoms with E-state index in [0.717, 1.165) is 32.5 Å². The van der Waals surface area contributed by atoms with Crippen molar-refractivity contribution in [3.8, 4) is 0 Å². The molecule has 1 saturated heterocycles. The molecule has 0 aromatic heterocycles. The summed E-state index contributed by atoms with van der Waals surface area (Å²) >= 11 is 0. The number of likely N-dealkylation sites (tertiary alicyclic amines) is 1. The van der Waals surface area contributed by atoms with Crippen LogP contribution in [0.15, 0.2) is 0 Å². The Morgan fingerprint density at radius 1 is 1.30 bits per heavy atom. The molecule has 0 spiro atoms. The Kier molecular flexibility index (Phi) is 7.52. The Bertz CT molecular complexity index is 288. The normalized spacial score (nSPS) is 21.8. The molecule has 0 bridgehead atoms. The van der Waals surface area contributed by atoms with Gasteiger partial charge >= 0.3 is 5.97 Å². The highest BCUT2D eigenvalue weighted by Crippen LogP contribution is 2.21. The fraction of sp³-hybridized carbons (Fsp3) is 0.938. The molecular formula is C16H32N2O2. The fourth-order valence-corrected chi connectivity index (χ4v) is 3.11. The van der Waals surface area contributed by atoms with E-state index in [1.165, 1.54) is 32.8 Å². The number of carbonyl (C=O) groups is 1. The van der Waals surface area contributed by atoms with Crippen molar-refractivity contribution < 1.29 is 9.53 Å². The summed E-state index contributed by atoms with van der Waals surface area (Å²) in [6.45, 7) is 9.49. The van der Waals surface area contributed by atoms with E-state index in [2.05, 4.69) is 24.1 Å². The van der Waals surface area contributed by atoms with Crippen LogP contribution in [-0.2, 0) is 9.53 Å². The van der Waals surface area contributed by atoms with Crippen LogP contribution in [0.5, 0.6) is 0 Å². The Labute approximate surface area is 124 Å². The second kappa shape index (κ2) is 8.63. The fourth-order valence-electron chi connectivity index (χ4n) is 3.11. The maximum absolute atomic E-state index is 12.1. The molecule has 20 heavy (non-hydrogen) atoms. The molecule has 0 aliphatic carbocycles. The summed E-state index contributed by atoms with van der Waals surface area (Å²) in [6, 6.07) is 0.404. The van der Waals surface area contributed by atoms with Gasteiger partial charge in [0.25, 0.3) is 0 Å². The van der Waals surface area contributed by atoms with Gasteiger partial charge in [-0.15, -0.1) is 0 Å². The molecule has 0 radical (unpaired) electrons. The van der Waals surface area contributed by atoms with Crippen molar-refractivity contribution in [2.45, 2.75) is 70.9 Å². The van der Waals surface area contributed by atoms with E-state index in [4.69, 9.17) is 4.74 Å². The second-order valence-corrected chi connectivity index (χ2v) is 6.25. The van der Waals surface area contributed by atoms with Crippen molar-refractivity contribution >= 4 is 5.97 Å². The van der Waals surface area contributed by atoms with E-state index in [1.807, 2.05) is 6.92 Å². The second-order valence-electron chi connectivity index (χ2n) is 6.25. The van der Waals surface area contributed by atoms with Gasteiger partial charge in [-0.05, 0) is 59.2 Å². The molecule has 2 unspecified atom stereocenters. The molecule has 0 aromatic rings. The molecule has 0 saturated carbocycles. The average molecular weight is 284 g/mol. The Balaban J connectivity index is 2.64. The van der Waals surface area contributed by atoms with Gasteiger partial charge in [0, 0.05) is 6.04 Å². The van der Waals surface area contributed by atoms with Crippen LogP contribution in [0, 0.1) is 0 Å². The zero-order valence-corrected chi connectivity index (χ0v) is 13.7. The van der Waals surface area contributed by atoms with E-state index in [1.54, 1.807) is 0 Å². The van der Waals surface area contributed by atoms with Crippen molar-refractivity contribution in [1.82, 2.24) is 10.2 Å². The first-order valence-corrected chi connectivity index (χ1v) is 8.11. The third kappa shape index (κ3) is 5.06. The van der Waals surface area contributed by atoms with Crippen molar-refractivity contribution in [3.63, 3.8) is 0 Å². The Hall–Kier alpha value is -0.610. The van der Waals surface area contributed by atoms with Crippen molar-refractivity contribution in [2.24, 2.45) is 0 Å². The minimum absolute atomic E-state index is 0.146. The lowest BCUT2D eigenvalue weighted by Crippen LogP contribution is -2.54. The summed E-state index contributed by atoms with van der Waals surface area (Å²) in [7, 11) is 1.48.